The summed E-state index contributed by atoms with van der Waals surface area (Å²) < 4.78 is 0. The summed E-state index contributed by atoms with van der Waals surface area (Å²) in [6.45, 7) is 3.24. The molecule has 1 rings (SSSR count). The summed E-state index contributed by atoms with van der Waals surface area (Å²) in [6, 6.07) is 0.337. The molecule has 1 saturated carbocycles. The molecule has 0 aromatic heterocycles. The maximum absolute atomic E-state index is 11.7. The molecule has 0 saturated heterocycles. The number of carbonyl (C=O) groups excluding carboxylic acids is 2. The van der Waals surface area contributed by atoms with Crippen LogP contribution in [-0.2, 0) is 9.59 Å². The van der Waals surface area contributed by atoms with Gasteiger partial charge >= 0.3 is 0 Å². The molecule has 5 N–H and O–H groups in total. The van der Waals surface area contributed by atoms with Crippen molar-refractivity contribution in [3.8, 4) is 0 Å². The molecule has 104 valence electrons. The average Bonchev–Trinajstić information content (AvgIpc) is 2.27. The first-order chi connectivity index (χ1) is 8.31. The average molecular weight is 255 g/mol. The molecule has 0 radical (unpaired) electrons. The molecular weight excluding hydrogens is 230 g/mol. The number of primary amides is 1. The fraction of sp³-hybridized carbons (Fsp3) is 0.846. The molecule has 0 aliphatic heterocycles. The Labute approximate surface area is 109 Å². The van der Waals surface area contributed by atoms with Gasteiger partial charge in [-0.25, -0.2) is 0 Å². The predicted molar refractivity (Wildman–Crippen MR) is 70.6 cm³/mol. The van der Waals surface area contributed by atoms with Gasteiger partial charge < -0.3 is 16.8 Å². The molecule has 0 unspecified atom stereocenters. The van der Waals surface area contributed by atoms with Crippen LogP contribution in [0.4, 0.5) is 0 Å². The molecule has 2 amide bonds. The van der Waals surface area contributed by atoms with E-state index in [1.807, 2.05) is 0 Å². The van der Waals surface area contributed by atoms with Crippen molar-refractivity contribution in [2.75, 3.05) is 0 Å². The number of nitrogens with one attached hydrogen (secondary N) is 1. The van der Waals surface area contributed by atoms with Crippen molar-refractivity contribution < 1.29 is 9.59 Å². The Morgan fingerprint density at radius 3 is 2.28 bits per heavy atom. The molecule has 0 atom stereocenters. The first-order valence-corrected chi connectivity index (χ1v) is 6.68. The van der Waals surface area contributed by atoms with Crippen LogP contribution in [0.3, 0.4) is 0 Å². The van der Waals surface area contributed by atoms with Crippen LogP contribution >= 0.6 is 0 Å². The van der Waals surface area contributed by atoms with Crippen LogP contribution in [0.1, 0.15) is 52.4 Å². The smallest absolute Gasteiger partial charge is 0.242 e. The predicted octanol–water partition coefficient (Wildman–Crippen LogP) is 0.664. The second-order valence-corrected chi connectivity index (χ2v) is 5.86. The Kier molecular flexibility index (Phi) is 5.14. The normalized spacial score (nSPS) is 24.6. The van der Waals surface area contributed by atoms with Gasteiger partial charge in [0.2, 0.25) is 11.8 Å². The molecule has 0 aromatic carbocycles. The Morgan fingerprint density at radius 2 is 1.78 bits per heavy atom. The standard InChI is InChI=1S/C13H25N3O2/c1-13(2,12(15)18)16-11(17)8-5-9-3-6-10(14)7-4-9/h9-10H,3-8,14H2,1-2H3,(H2,15,18)(H,16,17). The third kappa shape index (κ3) is 4.64. The van der Waals surface area contributed by atoms with Crippen molar-refractivity contribution in [1.29, 1.82) is 0 Å². The highest BCUT2D eigenvalue weighted by atomic mass is 16.2. The highest BCUT2D eigenvalue weighted by molar-refractivity contribution is 5.89. The lowest BCUT2D eigenvalue weighted by molar-refractivity contribution is -0.130. The van der Waals surface area contributed by atoms with E-state index in [1.165, 1.54) is 0 Å². The van der Waals surface area contributed by atoms with Crippen molar-refractivity contribution in [1.82, 2.24) is 5.32 Å². The minimum Gasteiger partial charge on any atom is -0.368 e. The van der Waals surface area contributed by atoms with Gasteiger partial charge in [0.15, 0.2) is 0 Å². The van der Waals surface area contributed by atoms with E-state index in [1.54, 1.807) is 13.8 Å². The highest BCUT2D eigenvalue weighted by Gasteiger charge is 2.27. The Morgan fingerprint density at radius 1 is 1.22 bits per heavy atom. The van der Waals surface area contributed by atoms with Crippen molar-refractivity contribution in [3.63, 3.8) is 0 Å². The van der Waals surface area contributed by atoms with E-state index < -0.39 is 11.4 Å². The molecule has 5 heteroatoms. The van der Waals surface area contributed by atoms with Crippen molar-refractivity contribution in [2.45, 2.75) is 64.0 Å². The van der Waals surface area contributed by atoms with E-state index in [9.17, 15) is 9.59 Å². The van der Waals surface area contributed by atoms with Crippen molar-refractivity contribution >= 4 is 11.8 Å². The minimum absolute atomic E-state index is 0.103. The van der Waals surface area contributed by atoms with Gasteiger partial charge in [0.25, 0.3) is 0 Å². The zero-order chi connectivity index (χ0) is 13.8. The zero-order valence-electron chi connectivity index (χ0n) is 11.4. The molecular formula is C13H25N3O2. The molecule has 1 aliphatic carbocycles. The number of rotatable bonds is 5. The third-order valence-corrected chi connectivity index (χ3v) is 3.74. The quantitative estimate of drug-likeness (QED) is 0.673. The van der Waals surface area contributed by atoms with E-state index in [0.29, 0.717) is 18.4 Å². The van der Waals surface area contributed by atoms with Crippen LogP contribution in [0.5, 0.6) is 0 Å². The van der Waals surface area contributed by atoms with Gasteiger partial charge in [-0.05, 0) is 51.9 Å². The van der Waals surface area contributed by atoms with Gasteiger partial charge in [-0.3, -0.25) is 9.59 Å². The number of hydrogen-bond acceptors (Lipinski definition) is 3. The van der Waals surface area contributed by atoms with Crippen LogP contribution in [0.25, 0.3) is 0 Å². The van der Waals surface area contributed by atoms with E-state index in [4.69, 9.17) is 11.5 Å². The van der Waals surface area contributed by atoms with E-state index in [2.05, 4.69) is 5.32 Å². The van der Waals surface area contributed by atoms with Gasteiger partial charge in [-0.1, -0.05) is 0 Å². The lowest BCUT2D eigenvalue weighted by atomic mass is 9.83. The van der Waals surface area contributed by atoms with Crippen LogP contribution in [0, 0.1) is 5.92 Å². The maximum Gasteiger partial charge on any atom is 0.242 e. The van der Waals surface area contributed by atoms with E-state index in [-0.39, 0.29) is 5.91 Å². The Hall–Kier alpha value is -1.10. The number of carbonyl (C=O) groups is 2. The molecule has 0 aromatic rings. The van der Waals surface area contributed by atoms with Gasteiger partial charge in [0, 0.05) is 12.5 Å². The number of hydrogen-bond donors (Lipinski definition) is 3. The Balaban J connectivity index is 2.27. The topological polar surface area (TPSA) is 98.2 Å². The third-order valence-electron chi connectivity index (χ3n) is 3.74. The molecule has 0 heterocycles. The summed E-state index contributed by atoms with van der Waals surface area (Å²) in [6.07, 6.45) is 5.64. The fourth-order valence-corrected chi connectivity index (χ4v) is 2.28. The highest BCUT2D eigenvalue weighted by Crippen LogP contribution is 2.26. The number of nitrogens with two attached hydrogens (primary N) is 2. The van der Waals surface area contributed by atoms with Crippen LogP contribution in [0.15, 0.2) is 0 Å². The van der Waals surface area contributed by atoms with E-state index in [0.717, 1.165) is 32.1 Å². The van der Waals surface area contributed by atoms with Crippen molar-refractivity contribution in [3.05, 3.63) is 0 Å². The largest absolute Gasteiger partial charge is 0.368 e. The summed E-state index contributed by atoms with van der Waals surface area (Å²) in [5, 5.41) is 2.67. The summed E-state index contributed by atoms with van der Waals surface area (Å²) in [4.78, 5) is 22.8. The van der Waals surface area contributed by atoms with Gasteiger partial charge in [0.1, 0.15) is 5.54 Å². The second kappa shape index (κ2) is 6.18. The maximum atomic E-state index is 11.7. The van der Waals surface area contributed by atoms with Crippen LogP contribution < -0.4 is 16.8 Å². The summed E-state index contributed by atoms with van der Waals surface area (Å²) in [5.41, 5.74) is 10.1. The van der Waals surface area contributed by atoms with Gasteiger partial charge in [-0.2, -0.15) is 0 Å². The van der Waals surface area contributed by atoms with Crippen LogP contribution in [-0.4, -0.2) is 23.4 Å². The monoisotopic (exact) mass is 255 g/mol. The fourth-order valence-electron chi connectivity index (χ4n) is 2.28. The van der Waals surface area contributed by atoms with E-state index >= 15 is 0 Å². The number of amides is 2. The van der Waals surface area contributed by atoms with Gasteiger partial charge in [0.05, 0.1) is 0 Å². The minimum atomic E-state index is -0.966. The first-order valence-electron chi connectivity index (χ1n) is 6.68. The molecule has 5 nitrogen and oxygen atoms in total. The summed E-state index contributed by atoms with van der Waals surface area (Å²) >= 11 is 0. The second-order valence-electron chi connectivity index (χ2n) is 5.86. The summed E-state index contributed by atoms with van der Waals surface area (Å²) in [7, 11) is 0. The molecule has 1 aliphatic rings. The summed E-state index contributed by atoms with van der Waals surface area (Å²) in [5.74, 6) is -0.0274. The van der Waals surface area contributed by atoms with Crippen molar-refractivity contribution in [2.24, 2.45) is 17.4 Å². The first kappa shape index (κ1) is 15.0. The molecule has 18 heavy (non-hydrogen) atoms. The van der Waals surface area contributed by atoms with Crippen LogP contribution in [0.2, 0.25) is 0 Å². The lowest BCUT2D eigenvalue weighted by Crippen LogP contribution is -2.53. The Bertz CT molecular complexity index is 307. The molecule has 1 fully saturated rings. The molecule has 0 spiro atoms. The lowest BCUT2D eigenvalue weighted by Gasteiger charge is -2.26. The van der Waals surface area contributed by atoms with Gasteiger partial charge in [-0.15, -0.1) is 0 Å². The zero-order valence-corrected chi connectivity index (χ0v) is 11.4. The molecule has 0 bridgehead atoms. The SMILES string of the molecule is CC(C)(NC(=O)CCC1CCC(N)CC1)C(N)=O.